The summed E-state index contributed by atoms with van der Waals surface area (Å²) in [4.78, 5) is 29.0. The predicted octanol–water partition coefficient (Wildman–Crippen LogP) is -0.199. The van der Waals surface area contributed by atoms with Crippen LogP contribution >= 0.6 is 24.8 Å². The lowest BCUT2D eigenvalue weighted by atomic mass is 10.3. The maximum atomic E-state index is 11.9. The van der Waals surface area contributed by atoms with Crippen LogP contribution in [0.4, 0.5) is 0 Å². The van der Waals surface area contributed by atoms with Crippen LogP contribution in [-0.4, -0.2) is 78.9 Å². The molecule has 1 aliphatic heterocycles. The molecular formula is C12H26Cl2N4O2. The zero-order valence-electron chi connectivity index (χ0n) is 12.2. The maximum Gasteiger partial charge on any atom is 0.236 e. The van der Waals surface area contributed by atoms with Crippen LogP contribution in [0.25, 0.3) is 0 Å². The number of hydrogen-bond donors (Lipinski definition) is 1. The van der Waals surface area contributed by atoms with Crippen LogP contribution in [0.1, 0.15) is 13.8 Å². The normalized spacial score (nSPS) is 15.1. The summed E-state index contributed by atoms with van der Waals surface area (Å²) in [6.07, 6.45) is 0. The molecule has 20 heavy (non-hydrogen) atoms. The highest BCUT2D eigenvalue weighted by Gasteiger charge is 2.22. The van der Waals surface area contributed by atoms with Gasteiger partial charge >= 0.3 is 0 Å². The summed E-state index contributed by atoms with van der Waals surface area (Å²) in [5, 5.41) is 0. The SMILES string of the molecule is CCN(CC)C(=O)CN1CCN(C(=O)CN)CC1.Cl.Cl. The summed E-state index contributed by atoms with van der Waals surface area (Å²) < 4.78 is 0. The zero-order chi connectivity index (χ0) is 13.5. The maximum absolute atomic E-state index is 11.9. The van der Waals surface area contributed by atoms with Crippen molar-refractivity contribution < 1.29 is 9.59 Å². The van der Waals surface area contributed by atoms with Crippen molar-refractivity contribution in [3.05, 3.63) is 0 Å². The largest absolute Gasteiger partial charge is 0.342 e. The molecule has 1 fully saturated rings. The van der Waals surface area contributed by atoms with Crippen LogP contribution in [-0.2, 0) is 9.59 Å². The minimum atomic E-state index is -0.00952. The molecule has 1 rings (SSSR count). The van der Waals surface area contributed by atoms with Gasteiger partial charge in [-0.1, -0.05) is 0 Å². The number of rotatable bonds is 5. The number of likely N-dealkylation sites (N-methyl/N-ethyl adjacent to an activating group) is 1. The quantitative estimate of drug-likeness (QED) is 0.759. The van der Waals surface area contributed by atoms with Gasteiger partial charge in [-0.2, -0.15) is 0 Å². The van der Waals surface area contributed by atoms with Gasteiger partial charge < -0.3 is 15.5 Å². The van der Waals surface area contributed by atoms with Crippen molar-refractivity contribution in [2.75, 3.05) is 52.4 Å². The Balaban J connectivity index is 0. The number of carbonyl (C=O) groups excluding carboxylic acids is 2. The molecule has 0 unspecified atom stereocenters. The lowest BCUT2D eigenvalue weighted by molar-refractivity contribution is -0.134. The van der Waals surface area contributed by atoms with Crippen LogP contribution in [0.2, 0.25) is 0 Å². The van der Waals surface area contributed by atoms with E-state index < -0.39 is 0 Å². The fourth-order valence-corrected chi connectivity index (χ4v) is 2.15. The molecule has 1 aliphatic rings. The Bertz CT molecular complexity index is 293. The molecule has 0 radical (unpaired) electrons. The lowest BCUT2D eigenvalue weighted by Gasteiger charge is -2.35. The fraction of sp³-hybridized carbons (Fsp3) is 0.833. The third-order valence-corrected chi connectivity index (χ3v) is 3.37. The molecule has 0 aliphatic carbocycles. The van der Waals surface area contributed by atoms with E-state index in [0.29, 0.717) is 19.6 Å². The zero-order valence-corrected chi connectivity index (χ0v) is 13.8. The first kappa shape index (κ1) is 21.7. The topological polar surface area (TPSA) is 69.9 Å². The van der Waals surface area contributed by atoms with Crippen molar-refractivity contribution >= 4 is 36.6 Å². The molecular weight excluding hydrogens is 303 g/mol. The smallest absolute Gasteiger partial charge is 0.236 e. The summed E-state index contributed by atoms with van der Waals surface area (Å²) in [6.45, 7) is 8.83. The summed E-state index contributed by atoms with van der Waals surface area (Å²) in [5.74, 6) is 0.156. The van der Waals surface area contributed by atoms with Gasteiger partial charge in [0.1, 0.15) is 0 Å². The van der Waals surface area contributed by atoms with Gasteiger partial charge in [0.15, 0.2) is 0 Å². The standard InChI is InChI=1S/C12H24N4O2.2ClH/c1-3-15(4-2)12(18)10-14-5-7-16(8-6-14)11(17)9-13;;/h3-10,13H2,1-2H3;2*1H. The fourth-order valence-electron chi connectivity index (χ4n) is 2.15. The monoisotopic (exact) mass is 328 g/mol. The minimum absolute atomic E-state index is 0. The molecule has 0 aromatic carbocycles. The van der Waals surface area contributed by atoms with Crippen molar-refractivity contribution in [3.63, 3.8) is 0 Å². The molecule has 2 amide bonds. The lowest BCUT2D eigenvalue weighted by Crippen LogP contribution is -2.52. The molecule has 6 nitrogen and oxygen atoms in total. The Morgan fingerprint density at radius 1 is 1.05 bits per heavy atom. The number of nitrogens with zero attached hydrogens (tertiary/aromatic N) is 3. The second-order valence-electron chi connectivity index (χ2n) is 4.43. The average molecular weight is 329 g/mol. The van der Waals surface area contributed by atoms with E-state index in [-0.39, 0.29) is 43.2 Å². The van der Waals surface area contributed by atoms with Gasteiger partial charge in [0.05, 0.1) is 13.1 Å². The van der Waals surface area contributed by atoms with E-state index in [0.717, 1.165) is 26.2 Å². The van der Waals surface area contributed by atoms with E-state index in [1.165, 1.54) is 0 Å². The number of nitrogens with two attached hydrogens (primary N) is 1. The first-order valence-electron chi connectivity index (χ1n) is 6.60. The van der Waals surface area contributed by atoms with Crippen LogP contribution < -0.4 is 5.73 Å². The van der Waals surface area contributed by atoms with Crippen molar-refractivity contribution in [2.45, 2.75) is 13.8 Å². The second kappa shape index (κ2) is 11.1. The number of halogens is 2. The van der Waals surface area contributed by atoms with Gasteiger partial charge in [0, 0.05) is 39.3 Å². The second-order valence-corrected chi connectivity index (χ2v) is 4.43. The van der Waals surface area contributed by atoms with Gasteiger partial charge in [-0.05, 0) is 13.8 Å². The van der Waals surface area contributed by atoms with Crippen LogP contribution in [0.5, 0.6) is 0 Å². The highest BCUT2D eigenvalue weighted by atomic mass is 35.5. The first-order valence-corrected chi connectivity index (χ1v) is 6.60. The highest BCUT2D eigenvalue weighted by molar-refractivity contribution is 5.85. The summed E-state index contributed by atoms with van der Waals surface area (Å²) in [7, 11) is 0. The summed E-state index contributed by atoms with van der Waals surface area (Å²) >= 11 is 0. The van der Waals surface area contributed by atoms with E-state index in [1.54, 1.807) is 4.90 Å². The van der Waals surface area contributed by atoms with Gasteiger partial charge in [0.25, 0.3) is 0 Å². The molecule has 0 aromatic heterocycles. The first-order chi connectivity index (χ1) is 8.62. The van der Waals surface area contributed by atoms with Crippen LogP contribution in [0.15, 0.2) is 0 Å². The van der Waals surface area contributed by atoms with E-state index >= 15 is 0 Å². The molecule has 0 spiro atoms. The summed E-state index contributed by atoms with van der Waals surface area (Å²) in [5.41, 5.74) is 5.33. The van der Waals surface area contributed by atoms with Crippen molar-refractivity contribution in [3.8, 4) is 0 Å². The number of carbonyl (C=O) groups is 2. The van der Waals surface area contributed by atoms with Gasteiger partial charge in [-0.15, -0.1) is 24.8 Å². The summed E-state index contributed by atoms with van der Waals surface area (Å²) in [6, 6.07) is 0. The Kier molecular flexibility index (Phi) is 12.1. The van der Waals surface area contributed by atoms with Gasteiger partial charge in [0.2, 0.25) is 11.8 Å². The molecule has 0 atom stereocenters. The highest BCUT2D eigenvalue weighted by Crippen LogP contribution is 2.02. The van der Waals surface area contributed by atoms with Crippen molar-refractivity contribution in [1.29, 1.82) is 0 Å². The number of amides is 2. The molecule has 2 N–H and O–H groups in total. The van der Waals surface area contributed by atoms with E-state index in [2.05, 4.69) is 4.90 Å². The third kappa shape index (κ3) is 6.26. The van der Waals surface area contributed by atoms with Crippen LogP contribution in [0.3, 0.4) is 0 Å². The molecule has 120 valence electrons. The predicted molar refractivity (Wildman–Crippen MR) is 84.5 cm³/mol. The average Bonchev–Trinajstić information content (AvgIpc) is 2.40. The molecule has 0 bridgehead atoms. The Morgan fingerprint density at radius 3 is 1.95 bits per heavy atom. The molecule has 0 saturated carbocycles. The molecule has 1 saturated heterocycles. The Morgan fingerprint density at radius 2 is 1.55 bits per heavy atom. The van der Waals surface area contributed by atoms with Gasteiger partial charge in [-0.3, -0.25) is 14.5 Å². The molecule has 1 heterocycles. The molecule has 8 heteroatoms. The number of hydrogen-bond acceptors (Lipinski definition) is 4. The molecule has 0 aromatic rings. The van der Waals surface area contributed by atoms with Gasteiger partial charge in [-0.25, -0.2) is 0 Å². The Hall–Kier alpha value is -0.560. The third-order valence-electron chi connectivity index (χ3n) is 3.37. The van der Waals surface area contributed by atoms with E-state index in [1.807, 2.05) is 18.7 Å². The van der Waals surface area contributed by atoms with Crippen molar-refractivity contribution in [1.82, 2.24) is 14.7 Å². The number of piperazine rings is 1. The van der Waals surface area contributed by atoms with Crippen molar-refractivity contribution in [2.24, 2.45) is 5.73 Å². The minimum Gasteiger partial charge on any atom is -0.342 e. The van der Waals surface area contributed by atoms with E-state index in [4.69, 9.17) is 5.73 Å². The van der Waals surface area contributed by atoms with Crippen LogP contribution in [0, 0.1) is 0 Å². The van der Waals surface area contributed by atoms with E-state index in [9.17, 15) is 9.59 Å². The Labute approximate surface area is 133 Å².